The van der Waals surface area contributed by atoms with Crippen molar-refractivity contribution in [2.45, 2.75) is 12.8 Å². The Morgan fingerprint density at radius 1 is 1.40 bits per heavy atom. The van der Waals surface area contributed by atoms with Crippen molar-refractivity contribution in [1.82, 2.24) is 0 Å². The summed E-state index contributed by atoms with van der Waals surface area (Å²) in [4.78, 5) is 0. The predicted octanol–water partition coefficient (Wildman–Crippen LogP) is 2.33. The van der Waals surface area contributed by atoms with Crippen LogP contribution < -0.4 is 10.5 Å². The minimum absolute atomic E-state index is 0.696. The van der Waals surface area contributed by atoms with Gasteiger partial charge in [0.15, 0.2) is 0 Å². The average Bonchev–Trinajstić information content (AvgIpc) is 2.69. The molecule has 0 bridgehead atoms. The quantitative estimate of drug-likeness (QED) is 0.833. The molecule has 15 heavy (non-hydrogen) atoms. The molecule has 0 aliphatic heterocycles. The van der Waals surface area contributed by atoms with Crippen molar-refractivity contribution in [1.29, 1.82) is 0 Å². The highest BCUT2D eigenvalue weighted by atomic mass is 16.5. The van der Waals surface area contributed by atoms with Crippen LogP contribution in [0.4, 0.5) is 0 Å². The first kappa shape index (κ1) is 10.1. The number of furan rings is 1. The highest BCUT2D eigenvalue weighted by Gasteiger charge is 2.09. The second kappa shape index (κ2) is 4.36. The number of ether oxygens (including phenoxy) is 1. The Morgan fingerprint density at radius 2 is 2.27 bits per heavy atom. The van der Waals surface area contributed by atoms with Gasteiger partial charge >= 0.3 is 0 Å². The molecule has 80 valence electrons. The molecule has 0 fully saturated rings. The molecule has 2 aromatic rings. The highest BCUT2D eigenvalue weighted by molar-refractivity contribution is 5.87. The van der Waals surface area contributed by atoms with Crippen LogP contribution in [-0.4, -0.2) is 13.7 Å². The summed E-state index contributed by atoms with van der Waals surface area (Å²) in [6.07, 6.45) is 3.69. The van der Waals surface area contributed by atoms with Crippen LogP contribution in [0.25, 0.3) is 11.0 Å². The van der Waals surface area contributed by atoms with E-state index in [9.17, 15) is 0 Å². The fourth-order valence-corrected chi connectivity index (χ4v) is 1.77. The minimum atomic E-state index is 0.696. The smallest absolute Gasteiger partial charge is 0.137 e. The third-order valence-corrected chi connectivity index (χ3v) is 2.51. The monoisotopic (exact) mass is 205 g/mol. The van der Waals surface area contributed by atoms with Crippen molar-refractivity contribution in [2.24, 2.45) is 5.73 Å². The van der Waals surface area contributed by atoms with Gasteiger partial charge in [-0.2, -0.15) is 0 Å². The molecule has 2 rings (SSSR count). The van der Waals surface area contributed by atoms with Gasteiger partial charge in [0, 0.05) is 5.56 Å². The van der Waals surface area contributed by atoms with E-state index in [1.165, 1.54) is 5.56 Å². The van der Waals surface area contributed by atoms with Gasteiger partial charge in [0.05, 0.1) is 18.8 Å². The molecule has 1 aromatic carbocycles. The number of methoxy groups -OCH3 is 1. The summed E-state index contributed by atoms with van der Waals surface area (Å²) in [5, 5.41) is 1.08. The van der Waals surface area contributed by atoms with Crippen LogP contribution in [0, 0.1) is 0 Å². The average molecular weight is 205 g/mol. The standard InChI is InChI=1S/C12H15NO2/c1-14-10-5-2-6-11-12(10)9(8-15-11)4-3-7-13/h2,5-6,8H,3-4,7,13H2,1H3. The fourth-order valence-electron chi connectivity index (χ4n) is 1.77. The Bertz CT molecular complexity index is 448. The summed E-state index contributed by atoms with van der Waals surface area (Å²) in [7, 11) is 1.68. The lowest BCUT2D eigenvalue weighted by Gasteiger charge is -2.02. The van der Waals surface area contributed by atoms with Crippen LogP contribution in [0.3, 0.4) is 0 Å². The Morgan fingerprint density at radius 3 is 3.00 bits per heavy atom. The lowest BCUT2D eigenvalue weighted by Crippen LogP contribution is -2.00. The second-order valence-electron chi connectivity index (χ2n) is 3.49. The SMILES string of the molecule is COc1cccc2occ(CCCN)c12. The topological polar surface area (TPSA) is 48.4 Å². The van der Waals surface area contributed by atoms with E-state index in [2.05, 4.69) is 0 Å². The summed E-state index contributed by atoms with van der Waals surface area (Å²) < 4.78 is 10.8. The Kier molecular flexibility index (Phi) is 2.92. The molecule has 1 heterocycles. The summed E-state index contributed by atoms with van der Waals surface area (Å²) >= 11 is 0. The number of nitrogens with two attached hydrogens (primary N) is 1. The molecule has 0 saturated carbocycles. The van der Waals surface area contributed by atoms with Crippen molar-refractivity contribution in [2.75, 3.05) is 13.7 Å². The molecule has 3 nitrogen and oxygen atoms in total. The molecule has 0 aliphatic carbocycles. The zero-order valence-corrected chi connectivity index (χ0v) is 8.82. The molecule has 1 aromatic heterocycles. The van der Waals surface area contributed by atoms with Crippen molar-refractivity contribution >= 4 is 11.0 Å². The normalized spacial score (nSPS) is 10.8. The molecule has 0 amide bonds. The van der Waals surface area contributed by atoms with Crippen molar-refractivity contribution in [3.8, 4) is 5.75 Å². The largest absolute Gasteiger partial charge is 0.496 e. The zero-order valence-electron chi connectivity index (χ0n) is 8.82. The number of aryl methyl sites for hydroxylation is 1. The summed E-state index contributed by atoms with van der Waals surface area (Å²) in [6, 6.07) is 5.82. The van der Waals surface area contributed by atoms with Gasteiger partial charge in [-0.1, -0.05) is 6.07 Å². The van der Waals surface area contributed by atoms with Crippen LogP contribution in [-0.2, 0) is 6.42 Å². The first-order valence-electron chi connectivity index (χ1n) is 5.10. The van der Waals surface area contributed by atoms with Crippen LogP contribution in [0.5, 0.6) is 5.75 Å². The Balaban J connectivity index is 2.46. The number of rotatable bonds is 4. The minimum Gasteiger partial charge on any atom is -0.496 e. The molecular weight excluding hydrogens is 190 g/mol. The van der Waals surface area contributed by atoms with E-state index in [0.717, 1.165) is 29.6 Å². The summed E-state index contributed by atoms with van der Waals surface area (Å²) in [6.45, 7) is 0.696. The summed E-state index contributed by atoms with van der Waals surface area (Å²) in [5.41, 5.74) is 7.55. The van der Waals surface area contributed by atoms with E-state index in [1.807, 2.05) is 18.2 Å². The van der Waals surface area contributed by atoms with Gasteiger partial charge in [-0.25, -0.2) is 0 Å². The van der Waals surface area contributed by atoms with E-state index >= 15 is 0 Å². The van der Waals surface area contributed by atoms with Gasteiger partial charge in [0.25, 0.3) is 0 Å². The molecule has 2 N–H and O–H groups in total. The first-order chi connectivity index (χ1) is 7.36. The van der Waals surface area contributed by atoms with Gasteiger partial charge < -0.3 is 14.9 Å². The highest BCUT2D eigenvalue weighted by Crippen LogP contribution is 2.30. The van der Waals surface area contributed by atoms with Gasteiger partial charge in [0.2, 0.25) is 0 Å². The second-order valence-corrected chi connectivity index (χ2v) is 3.49. The lowest BCUT2D eigenvalue weighted by atomic mass is 10.1. The van der Waals surface area contributed by atoms with Crippen LogP contribution in [0.15, 0.2) is 28.9 Å². The number of benzene rings is 1. The van der Waals surface area contributed by atoms with Crippen LogP contribution >= 0.6 is 0 Å². The molecule has 0 saturated heterocycles. The van der Waals surface area contributed by atoms with E-state index in [1.54, 1.807) is 13.4 Å². The van der Waals surface area contributed by atoms with Crippen LogP contribution in [0.2, 0.25) is 0 Å². The number of fused-ring (bicyclic) bond motifs is 1. The van der Waals surface area contributed by atoms with E-state index in [-0.39, 0.29) is 0 Å². The van der Waals surface area contributed by atoms with Crippen molar-refractivity contribution < 1.29 is 9.15 Å². The summed E-state index contributed by atoms with van der Waals surface area (Å²) in [5.74, 6) is 0.869. The third kappa shape index (κ3) is 1.83. The van der Waals surface area contributed by atoms with Gasteiger partial charge in [-0.15, -0.1) is 0 Å². The third-order valence-electron chi connectivity index (χ3n) is 2.51. The Hall–Kier alpha value is -1.48. The van der Waals surface area contributed by atoms with Crippen molar-refractivity contribution in [3.63, 3.8) is 0 Å². The van der Waals surface area contributed by atoms with E-state index in [0.29, 0.717) is 6.54 Å². The van der Waals surface area contributed by atoms with E-state index < -0.39 is 0 Å². The molecule has 0 unspecified atom stereocenters. The van der Waals surface area contributed by atoms with Gasteiger partial charge in [0.1, 0.15) is 11.3 Å². The number of hydrogen-bond acceptors (Lipinski definition) is 3. The molecule has 0 atom stereocenters. The first-order valence-corrected chi connectivity index (χ1v) is 5.10. The zero-order chi connectivity index (χ0) is 10.7. The van der Waals surface area contributed by atoms with Gasteiger partial charge in [-0.3, -0.25) is 0 Å². The van der Waals surface area contributed by atoms with E-state index in [4.69, 9.17) is 14.9 Å². The number of hydrogen-bond donors (Lipinski definition) is 1. The molecule has 0 spiro atoms. The maximum absolute atomic E-state index is 5.50. The van der Waals surface area contributed by atoms with Gasteiger partial charge in [-0.05, 0) is 31.5 Å². The maximum atomic E-state index is 5.50. The molecular formula is C12H15NO2. The lowest BCUT2D eigenvalue weighted by molar-refractivity contribution is 0.419. The van der Waals surface area contributed by atoms with Crippen molar-refractivity contribution in [3.05, 3.63) is 30.0 Å². The maximum Gasteiger partial charge on any atom is 0.137 e. The fraction of sp³-hybridized carbons (Fsp3) is 0.333. The molecule has 3 heteroatoms. The molecule has 0 radical (unpaired) electrons. The van der Waals surface area contributed by atoms with Crippen LogP contribution in [0.1, 0.15) is 12.0 Å². The molecule has 0 aliphatic rings. The Labute approximate surface area is 88.8 Å². The predicted molar refractivity (Wildman–Crippen MR) is 60.1 cm³/mol.